The van der Waals surface area contributed by atoms with E-state index >= 15 is 0 Å². The minimum absolute atomic E-state index is 0.157. The molecule has 0 saturated heterocycles. The van der Waals surface area contributed by atoms with Crippen molar-refractivity contribution >= 4 is 41.4 Å². The van der Waals surface area contributed by atoms with E-state index in [0.29, 0.717) is 5.02 Å². The Morgan fingerprint density at radius 2 is 2.33 bits per heavy atom. The number of benzene rings is 1. The number of thiol groups is 1. The fourth-order valence-corrected chi connectivity index (χ4v) is 6.89. The number of nitrogens with one attached hydrogen (secondary N) is 1. The van der Waals surface area contributed by atoms with Gasteiger partial charge in [-0.25, -0.2) is 0 Å². The molecular weight excluding hydrogens is 261 g/mol. The molecule has 0 aliphatic carbocycles. The summed E-state index contributed by atoms with van der Waals surface area (Å²) < 4.78 is 16.0. The molecule has 0 spiro atoms. The molecule has 0 saturated carbocycles. The molecule has 5 heteroatoms. The molecule has 1 aliphatic heterocycles. The van der Waals surface area contributed by atoms with Crippen molar-refractivity contribution in [3.63, 3.8) is 0 Å². The van der Waals surface area contributed by atoms with E-state index in [1.54, 1.807) is 12.3 Å². The van der Waals surface area contributed by atoms with E-state index in [4.69, 9.17) is 11.6 Å². The Morgan fingerprint density at radius 1 is 1.58 bits per heavy atom. The molecule has 0 fully saturated rings. The van der Waals surface area contributed by atoms with Gasteiger partial charge in [-0.05, 0) is 0 Å². The standard InChI is InChI=1S/C7H8ClNOSSe/c1-11(10)6-4-5(8)2-3-7(6)12-9-11/h2-4,11H,1H3,(H,9,10). The first kappa shape index (κ1) is 8.73. The topological polar surface area (TPSA) is 29.1 Å². The second-order valence-electron chi connectivity index (χ2n) is 2.73. The Balaban J connectivity index is 2.65. The van der Waals surface area contributed by atoms with Crippen LogP contribution in [0.5, 0.6) is 0 Å². The average molecular weight is 269 g/mol. The summed E-state index contributed by atoms with van der Waals surface area (Å²) in [6.07, 6.45) is 1.75. The normalized spacial score (nSPS) is 21.8. The van der Waals surface area contributed by atoms with E-state index in [1.807, 2.05) is 12.1 Å². The van der Waals surface area contributed by atoms with E-state index in [2.05, 4.69) is 3.74 Å². The summed E-state index contributed by atoms with van der Waals surface area (Å²) in [6.45, 7) is 0. The Bertz CT molecular complexity index is 382. The first-order chi connectivity index (χ1) is 5.59. The quantitative estimate of drug-likeness (QED) is 0.508. The Hall–Kier alpha value is 0.139. The summed E-state index contributed by atoms with van der Waals surface area (Å²) in [5.41, 5.74) is 0. The predicted octanol–water partition coefficient (Wildman–Crippen LogP) is 0.108. The van der Waals surface area contributed by atoms with Gasteiger partial charge in [0.1, 0.15) is 0 Å². The van der Waals surface area contributed by atoms with Gasteiger partial charge in [-0.15, -0.1) is 0 Å². The summed E-state index contributed by atoms with van der Waals surface area (Å²) in [7, 11) is -2.27. The van der Waals surface area contributed by atoms with E-state index in [0.717, 1.165) is 9.36 Å². The summed E-state index contributed by atoms with van der Waals surface area (Å²) in [4.78, 5) is 0.912. The van der Waals surface area contributed by atoms with Crippen LogP contribution in [0.2, 0.25) is 5.02 Å². The van der Waals surface area contributed by atoms with Crippen molar-refractivity contribution in [1.82, 2.24) is 3.74 Å². The molecule has 12 heavy (non-hydrogen) atoms. The number of fused-ring (bicyclic) bond motifs is 1. The molecule has 1 aromatic carbocycles. The van der Waals surface area contributed by atoms with Crippen LogP contribution in [0.1, 0.15) is 0 Å². The van der Waals surface area contributed by atoms with Crippen molar-refractivity contribution < 1.29 is 4.21 Å². The van der Waals surface area contributed by atoms with Gasteiger partial charge in [0.25, 0.3) is 0 Å². The molecule has 0 amide bonds. The van der Waals surface area contributed by atoms with Crippen molar-refractivity contribution in [1.29, 1.82) is 0 Å². The van der Waals surface area contributed by atoms with Gasteiger partial charge >= 0.3 is 83.7 Å². The molecule has 0 unspecified atom stereocenters. The molecule has 66 valence electrons. The van der Waals surface area contributed by atoms with Gasteiger partial charge in [0.2, 0.25) is 0 Å². The SMILES string of the molecule is C[SH]1(=O)N[Se]c2ccc(Cl)cc21. The average Bonchev–Trinajstić information content (AvgIpc) is 2.28. The third kappa shape index (κ3) is 1.34. The number of rotatable bonds is 0. The minimum atomic E-state index is -2.27. The van der Waals surface area contributed by atoms with E-state index in [-0.39, 0.29) is 15.2 Å². The van der Waals surface area contributed by atoms with Crippen molar-refractivity contribution in [2.45, 2.75) is 4.90 Å². The van der Waals surface area contributed by atoms with Crippen LogP contribution >= 0.6 is 11.6 Å². The van der Waals surface area contributed by atoms with Crippen molar-refractivity contribution in [2.75, 3.05) is 6.26 Å². The summed E-state index contributed by atoms with van der Waals surface area (Å²) in [5.74, 6) is 0. The zero-order valence-electron chi connectivity index (χ0n) is 6.37. The third-order valence-corrected chi connectivity index (χ3v) is 7.99. The van der Waals surface area contributed by atoms with Crippen molar-refractivity contribution in [3.05, 3.63) is 23.2 Å². The molecule has 0 bridgehead atoms. The number of halogens is 1. The first-order valence-electron chi connectivity index (χ1n) is 3.41. The Kier molecular flexibility index (Phi) is 2.05. The van der Waals surface area contributed by atoms with Gasteiger partial charge in [0.05, 0.1) is 0 Å². The second-order valence-corrected chi connectivity index (χ2v) is 8.18. The maximum atomic E-state index is 11.8. The fourth-order valence-electron chi connectivity index (χ4n) is 1.10. The zero-order chi connectivity index (χ0) is 8.77. The van der Waals surface area contributed by atoms with Crippen molar-refractivity contribution in [2.24, 2.45) is 0 Å². The molecule has 0 aromatic heterocycles. The fraction of sp³-hybridized carbons (Fsp3) is 0.143. The summed E-state index contributed by atoms with van der Waals surface area (Å²) in [5, 5.41) is 0.662. The van der Waals surface area contributed by atoms with Crippen molar-refractivity contribution in [3.8, 4) is 0 Å². The van der Waals surface area contributed by atoms with Gasteiger partial charge in [-0.2, -0.15) is 0 Å². The van der Waals surface area contributed by atoms with Gasteiger partial charge in [-0.1, -0.05) is 0 Å². The molecule has 2 nitrogen and oxygen atoms in total. The van der Waals surface area contributed by atoms with Gasteiger partial charge < -0.3 is 0 Å². The zero-order valence-corrected chi connectivity index (χ0v) is 9.74. The predicted molar refractivity (Wildman–Crippen MR) is 53.7 cm³/mol. The van der Waals surface area contributed by atoms with Crippen LogP contribution in [0, 0.1) is 0 Å². The molecular formula is C7H8ClNOSSe. The van der Waals surface area contributed by atoms with Gasteiger partial charge in [-0.3, -0.25) is 0 Å². The molecule has 2 rings (SSSR count). The van der Waals surface area contributed by atoms with E-state index in [9.17, 15) is 4.21 Å². The van der Waals surface area contributed by atoms with Crippen LogP contribution in [-0.2, 0) is 10.1 Å². The van der Waals surface area contributed by atoms with Crippen LogP contribution < -0.4 is 8.20 Å². The van der Waals surface area contributed by atoms with E-state index in [1.165, 1.54) is 0 Å². The molecule has 1 heterocycles. The van der Waals surface area contributed by atoms with Crippen LogP contribution in [-0.4, -0.2) is 25.6 Å². The van der Waals surface area contributed by atoms with Crippen LogP contribution in [0.15, 0.2) is 23.1 Å². The first-order valence-corrected chi connectivity index (χ1v) is 7.66. The van der Waals surface area contributed by atoms with Gasteiger partial charge in [0, 0.05) is 0 Å². The molecule has 0 atom stereocenters. The third-order valence-electron chi connectivity index (χ3n) is 1.71. The summed E-state index contributed by atoms with van der Waals surface area (Å²) >= 11 is 5.97. The second kappa shape index (κ2) is 2.82. The Labute approximate surface area is 83.6 Å². The monoisotopic (exact) mass is 269 g/mol. The van der Waals surface area contributed by atoms with Crippen LogP contribution in [0.25, 0.3) is 0 Å². The molecule has 1 aromatic rings. The van der Waals surface area contributed by atoms with E-state index < -0.39 is 10.1 Å². The molecule has 0 radical (unpaired) electrons. The number of hydrogen-bond donors (Lipinski definition) is 2. The molecule has 1 N–H and O–H groups in total. The Morgan fingerprint density at radius 3 is 3.08 bits per heavy atom. The van der Waals surface area contributed by atoms with Gasteiger partial charge in [0.15, 0.2) is 0 Å². The van der Waals surface area contributed by atoms with Crippen LogP contribution in [0.3, 0.4) is 0 Å². The number of hydrogen-bond acceptors (Lipinski definition) is 1. The maximum absolute atomic E-state index is 11.8. The summed E-state index contributed by atoms with van der Waals surface area (Å²) in [6, 6.07) is 5.60. The van der Waals surface area contributed by atoms with Crippen LogP contribution in [0.4, 0.5) is 0 Å². The molecule has 1 aliphatic rings.